The van der Waals surface area contributed by atoms with Crippen molar-refractivity contribution in [3.63, 3.8) is 0 Å². The molecule has 1 N–H and O–H groups in total. The minimum atomic E-state index is -0.315. The Morgan fingerprint density at radius 3 is 2.50 bits per heavy atom. The third kappa shape index (κ3) is 7.93. The van der Waals surface area contributed by atoms with Gasteiger partial charge in [0.25, 0.3) is 0 Å². The smallest absolute Gasteiger partial charge is 0.241 e. The van der Waals surface area contributed by atoms with Crippen molar-refractivity contribution >= 4 is 11.6 Å². The highest BCUT2D eigenvalue weighted by molar-refractivity contribution is 5.97. The van der Waals surface area contributed by atoms with Gasteiger partial charge in [0, 0.05) is 50.0 Å². The summed E-state index contributed by atoms with van der Waals surface area (Å²) < 4.78 is 31.6. The molecule has 2 saturated heterocycles. The normalized spacial score (nSPS) is 25.6. The summed E-state index contributed by atoms with van der Waals surface area (Å²) in [6.45, 7) is 11.9. The number of hydrogen-bond acceptors (Lipinski definition) is 8. The summed E-state index contributed by atoms with van der Waals surface area (Å²) in [5.74, 6) is 0.173. The molecule has 1 aromatic heterocycles. The molecule has 5 atom stereocenters. The third-order valence-electron chi connectivity index (χ3n) is 9.28. The second kappa shape index (κ2) is 15.0. The van der Waals surface area contributed by atoms with Crippen LogP contribution in [0.2, 0.25) is 0 Å². The first-order valence-electron chi connectivity index (χ1n) is 16.4. The molecule has 0 saturated carbocycles. The molecule has 3 aliphatic rings. The Balaban J connectivity index is 1.24. The van der Waals surface area contributed by atoms with Gasteiger partial charge in [0.15, 0.2) is 0 Å². The van der Waals surface area contributed by atoms with E-state index >= 15 is 0 Å². The number of carbonyl (C=O) groups is 1. The Bertz CT molecular complexity index is 1430. The second-order valence-electron chi connectivity index (χ2n) is 13.0. The van der Waals surface area contributed by atoms with Crippen LogP contribution in [0.25, 0.3) is 0 Å². The summed E-state index contributed by atoms with van der Waals surface area (Å²) in [4.78, 5) is 25.8. The first-order chi connectivity index (χ1) is 22.3. The van der Waals surface area contributed by atoms with Crippen molar-refractivity contribution in [3.05, 3.63) is 89.4 Å². The van der Waals surface area contributed by atoms with E-state index in [4.69, 9.17) is 14.2 Å². The Morgan fingerprint density at radius 1 is 0.978 bits per heavy atom. The van der Waals surface area contributed by atoms with Gasteiger partial charge >= 0.3 is 0 Å². The molecular formula is C36H46FN5O4. The minimum absolute atomic E-state index is 0.000711. The average Bonchev–Trinajstić information content (AvgIpc) is 3.05. The molecule has 10 heteroatoms. The van der Waals surface area contributed by atoms with Gasteiger partial charge in [0.05, 0.1) is 39.0 Å². The molecule has 2 fully saturated rings. The molecular weight excluding hydrogens is 585 g/mol. The summed E-state index contributed by atoms with van der Waals surface area (Å²) in [6, 6.07) is 19.3. The summed E-state index contributed by atoms with van der Waals surface area (Å²) in [6.07, 6.45) is 2.33. The molecule has 1 amide bonds. The van der Waals surface area contributed by atoms with E-state index in [0.717, 1.165) is 49.5 Å². The number of fused-ring (bicyclic) bond motifs is 1. The van der Waals surface area contributed by atoms with E-state index in [1.54, 1.807) is 18.3 Å². The van der Waals surface area contributed by atoms with Crippen LogP contribution in [0.1, 0.15) is 37.5 Å². The highest BCUT2D eigenvalue weighted by Gasteiger charge is 2.38. The molecule has 2 aromatic carbocycles. The zero-order valence-corrected chi connectivity index (χ0v) is 27.1. The van der Waals surface area contributed by atoms with E-state index < -0.39 is 0 Å². The lowest BCUT2D eigenvalue weighted by molar-refractivity contribution is -0.122. The molecule has 3 aromatic rings. The van der Waals surface area contributed by atoms with Gasteiger partial charge in [-0.3, -0.25) is 19.5 Å². The van der Waals surface area contributed by atoms with Crippen LogP contribution in [0.3, 0.4) is 0 Å². The van der Waals surface area contributed by atoms with Crippen LogP contribution < -0.4 is 15.0 Å². The van der Waals surface area contributed by atoms with Gasteiger partial charge in [-0.05, 0) is 62.1 Å². The number of piperazine rings is 1. The van der Waals surface area contributed by atoms with Crippen molar-refractivity contribution in [2.75, 3.05) is 57.5 Å². The molecule has 6 rings (SSSR count). The molecule has 0 unspecified atom stereocenters. The molecule has 0 radical (unpaired) electrons. The van der Waals surface area contributed by atoms with E-state index in [-0.39, 0.29) is 36.4 Å². The van der Waals surface area contributed by atoms with Crippen molar-refractivity contribution in [2.45, 2.75) is 64.0 Å². The van der Waals surface area contributed by atoms with Gasteiger partial charge in [0.1, 0.15) is 18.1 Å². The minimum Gasteiger partial charge on any atom is -0.474 e. The number of morpholine rings is 1. The second-order valence-corrected chi connectivity index (χ2v) is 13.0. The van der Waals surface area contributed by atoms with Gasteiger partial charge in [-0.2, -0.15) is 0 Å². The number of nitrogens with one attached hydrogen (secondary N) is 1. The number of rotatable bonds is 10. The maximum atomic E-state index is 14.5. The van der Waals surface area contributed by atoms with Crippen molar-refractivity contribution in [2.24, 2.45) is 0 Å². The van der Waals surface area contributed by atoms with Crippen molar-refractivity contribution in [1.82, 2.24) is 20.1 Å². The molecule has 3 aliphatic heterocycles. The predicted octanol–water partition coefficient (Wildman–Crippen LogP) is 3.89. The van der Waals surface area contributed by atoms with Crippen molar-refractivity contribution in [3.8, 4) is 5.88 Å². The summed E-state index contributed by atoms with van der Waals surface area (Å²) in [7, 11) is 0. The van der Waals surface area contributed by atoms with Gasteiger partial charge < -0.3 is 19.5 Å². The van der Waals surface area contributed by atoms with E-state index in [9.17, 15) is 9.18 Å². The Morgan fingerprint density at radius 2 is 1.74 bits per heavy atom. The number of nitrogens with zero attached hydrogens (tertiary/aromatic N) is 4. The number of pyridine rings is 1. The van der Waals surface area contributed by atoms with Crippen LogP contribution in [0.4, 0.5) is 10.1 Å². The lowest BCUT2D eigenvalue weighted by Crippen LogP contribution is -2.64. The Kier molecular flexibility index (Phi) is 10.6. The summed E-state index contributed by atoms with van der Waals surface area (Å²) >= 11 is 0. The van der Waals surface area contributed by atoms with Crippen LogP contribution >= 0.6 is 0 Å². The number of hydrogen-bond donors (Lipinski definition) is 1. The zero-order valence-electron chi connectivity index (χ0n) is 27.1. The fraction of sp³-hybridized carbons (Fsp3) is 0.500. The highest BCUT2D eigenvalue weighted by Crippen LogP contribution is 2.34. The first-order valence-corrected chi connectivity index (χ1v) is 16.4. The molecule has 0 aliphatic carbocycles. The number of halogens is 1. The number of anilines is 1. The topological polar surface area (TPSA) is 79.4 Å². The number of ether oxygens (including phenoxy) is 3. The van der Waals surface area contributed by atoms with Crippen LogP contribution in [0, 0.1) is 5.82 Å². The van der Waals surface area contributed by atoms with Crippen molar-refractivity contribution < 1.29 is 23.4 Å². The summed E-state index contributed by atoms with van der Waals surface area (Å²) in [5, 5.41) is 3.64. The van der Waals surface area contributed by atoms with Gasteiger partial charge in [0.2, 0.25) is 11.8 Å². The maximum Gasteiger partial charge on any atom is 0.241 e. The van der Waals surface area contributed by atoms with E-state index in [0.29, 0.717) is 49.9 Å². The standard InChI is InChI=1S/C36H46FN5O4/c1-25-17-40(32(16-38-25)18-41-26(2)20-44-21-27(41)3)19-35(43)42-33(23-45-22-29-7-5-4-6-8-29)24-46-36-34(42)14-30(15-39-36)13-28-9-11-31(37)12-10-28/h4-12,14-15,25-27,32-33,38H,13,16-24H2,1-3H3/t25-,26-,27-,32-,33+/m1/s1. The molecule has 0 spiro atoms. The lowest BCUT2D eigenvalue weighted by atomic mass is 10.0. The lowest BCUT2D eigenvalue weighted by Gasteiger charge is -2.46. The first kappa shape index (κ1) is 32.5. The van der Waals surface area contributed by atoms with Gasteiger partial charge in [-0.15, -0.1) is 0 Å². The van der Waals surface area contributed by atoms with Crippen LogP contribution in [-0.2, 0) is 27.3 Å². The van der Waals surface area contributed by atoms with Crippen molar-refractivity contribution in [1.29, 1.82) is 0 Å². The molecule has 9 nitrogen and oxygen atoms in total. The van der Waals surface area contributed by atoms with Gasteiger partial charge in [-0.25, -0.2) is 9.37 Å². The quantitative estimate of drug-likeness (QED) is 0.361. The molecule has 0 bridgehead atoms. The fourth-order valence-corrected chi connectivity index (χ4v) is 6.79. The highest BCUT2D eigenvalue weighted by atomic mass is 19.1. The van der Waals surface area contributed by atoms with Crippen LogP contribution in [0.5, 0.6) is 5.88 Å². The average molecular weight is 632 g/mol. The number of aromatic nitrogens is 1. The maximum absolute atomic E-state index is 14.5. The molecule has 46 heavy (non-hydrogen) atoms. The van der Waals surface area contributed by atoms with E-state index in [2.05, 4.69) is 40.9 Å². The SMILES string of the molecule is C[C@@H]1CN(CC(=O)N2c3cc(Cc4ccc(F)cc4)cnc3OC[C@@H]2COCc2ccccc2)[C@@H](CN2[C@H](C)COC[C@H]2C)CN1. The molecule has 246 valence electrons. The van der Waals surface area contributed by atoms with Crippen LogP contribution in [0.15, 0.2) is 66.9 Å². The van der Waals surface area contributed by atoms with E-state index in [1.165, 1.54) is 12.1 Å². The largest absolute Gasteiger partial charge is 0.474 e. The third-order valence-corrected chi connectivity index (χ3v) is 9.28. The summed E-state index contributed by atoms with van der Waals surface area (Å²) in [5.41, 5.74) is 3.61. The predicted molar refractivity (Wildman–Crippen MR) is 176 cm³/mol. The van der Waals surface area contributed by atoms with Gasteiger partial charge in [-0.1, -0.05) is 42.5 Å². The van der Waals surface area contributed by atoms with E-state index in [1.807, 2.05) is 41.3 Å². The molecule has 4 heterocycles. The Labute approximate surface area is 271 Å². The zero-order chi connectivity index (χ0) is 32.0. The number of amides is 1. The number of carbonyl (C=O) groups excluding carboxylic acids is 1. The fourth-order valence-electron chi connectivity index (χ4n) is 6.79. The monoisotopic (exact) mass is 631 g/mol. The van der Waals surface area contributed by atoms with Crippen LogP contribution in [-0.4, -0.2) is 104 Å². The number of benzene rings is 2. The Hall–Kier alpha value is -3.41.